The number of hydrogen-bond acceptors (Lipinski definition) is 5. The number of carboxylic acids is 1. The zero-order chi connectivity index (χ0) is 20.3. The van der Waals surface area contributed by atoms with Gasteiger partial charge in [-0.3, -0.25) is 9.79 Å². The molecule has 3 heterocycles. The highest BCUT2D eigenvalue weighted by molar-refractivity contribution is 6.00. The Kier molecular flexibility index (Phi) is 3.97. The van der Waals surface area contributed by atoms with E-state index in [-0.39, 0.29) is 28.7 Å². The number of aliphatic imine (C=N–C) groups is 1. The van der Waals surface area contributed by atoms with Gasteiger partial charge in [-0.05, 0) is 25.3 Å². The van der Waals surface area contributed by atoms with E-state index < -0.39 is 17.2 Å². The summed E-state index contributed by atoms with van der Waals surface area (Å²) >= 11 is 0. The molecule has 2 aliphatic heterocycles. The molecule has 1 saturated heterocycles. The summed E-state index contributed by atoms with van der Waals surface area (Å²) < 4.78 is 22.7. The zero-order valence-corrected chi connectivity index (χ0v) is 15.9. The normalized spacial score (nSPS) is 20.7. The van der Waals surface area contributed by atoms with Crippen molar-refractivity contribution in [3.8, 4) is 5.75 Å². The molecule has 0 amide bonds. The van der Waals surface area contributed by atoms with Crippen molar-refractivity contribution < 1.29 is 19.0 Å². The minimum atomic E-state index is -1.32. The van der Waals surface area contributed by atoms with E-state index >= 15 is 4.39 Å². The van der Waals surface area contributed by atoms with Crippen molar-refractivity contribution in [3.05, 3.63) is 46.1 Å². The number of pyridine rings is 1. The summed E-state index contributed by atoms with van der Waals surface area (Å²) in [7, 11) is 1.45. The van der Waals surface area contributed by atoms with Crippen molar-refractivity contribution in [2.24, 2.45) is 10.9 Å². The maximum atomic E-state index is 15.3. The molecule has 5 rings (SSSR count). The molecule has 1 atom stereocenters. The van der Waals surface area contributed by atoms with Crippen molar-refractivity contribution >= 4 is 28.3 Å². The minimum absolute atomic E-state index is 0.0329. The molecule has 1 saturated carbocycles. The lowest BCUT2D eigenvalue weighted by Gasteiger charge is -2.24. The van der Waals surface area contributed by atoms with Crippen LogP contribution in [0.5, 0.6) is 5.75 Å². The molecule has 0 unspecified atom stereocenters. The smallest absolute Gasteiger partial charge is 0.341 e. The second kappa shape index (κ2) is 6.43. The van der Waals surface area contributed by atoms with E-state index in [4.69, 9.17) is 4.74 Å². The predicted octanol–water partition coefficient (Wildman–Crippen LogP) is 2.98. The minimum Gasteiger partial charge on any atom is -0.492 e. The highest BCUT2D eigenvalue weighted by Gasteiger charge is 2.35. The maximum Gasteiger partial charge on any atom is 0.341 e. The van der Waals surface area contributed by atoms with Crippen molar-refractivity contribution in [1.29, 1.82) is 0 Å². The number of ether oxygens (including phenoxy) is 1. The van der Waals surface area contributed by atoms with Gasteiger partial charge < -0.3 is 19.3 Å². The van der Waals surface area contributed by atoms with Crippen molar-refractivity contribution in [3.63, 3.8) is 0 Å². The first kappa shape index (κ1) is 17.9. The molecule has 1 N–H and O–H groups in total. The van der Waals surface area contributed by atoms with Crippen molar-refractivity contribution in [2.45, 2.75) is 25.3 Å². The number of anilines is 1. The van der Waals surface area contributed by atoms with Crippen LogP contribution in [0, 0.1) is 11.7 Å². The van der Waals surface area contributed by atoms with Crippen LogP contribution in [0.1, 0.15) is 35.7 Å². The van der Waals surface area contributed by atoms with E-state index in [1.807, 2.05) is 11.0 Å². The molecule has 3 aliphatic rings. The molecule has 2 fully saturated rings. The van der Waals surface area contributed by atoms with Crippen LogP contribution in [0.15, 0.2) is 34.3 Å². The third-order valence-corrected chi connectivity index (χ3v) is 5.92. The van der Waals surface area contributed by atoms with E-state index in [2.05, 4.69) is 4.99 Å². The third kappa shape index (κ3) is 2.73. The molecular weight excluding hydrogens is 377 g/mol. The van der Waals surface area contributed by atoms with Crippen LogP contribution in [-0.2, 0) is 0 Å². The highest BCUT2D eigenvalue weighted by atomic mass is 19.1. The second-order valence-electron chi connectivity index (χ2n) is 7.77. The molecule has 7 nitrogen and oxygen atoms in total. The first-order valence-corrected chi connectivity index (χ1v) is 9.64. The fourth-order valence-corrected chi connectivity index (χ4v) is 4.39. The lowest BCUT2D eigenvalue weighted by atomic mass is 10.0. The van der Waals surface area contributed by atoms with Crippen LogP contribution in [0.4, 0.5) is 10.1 Å². The second-order valence-corrected chi connectivity index (χ2v) is 7.77. The van der Waals surface area contributed by atoms with Crippen LogP contribution in [0.3, 0.4) is 0 Å². The quantitative estimate of drug-likeness (QED) is 0.858. The van der Waals surface area contributed by atoms with Crippen LogP contribution in [0.2, 0.25) is 0 Å². The summed E-state index contributed by atoms with van der Waals surface area (Å²) in [5, 5.41) is 9.46. The largest absolute Gasteiger partial charge is 0.492 e. The van der Waals surface area contributed by atoms with Crippen LogP contribution < -0.4 is 15.1 Å². The summed E-state index contributed by atoms with van der Waals surface area (Å²) in [6.45, 7) is 1.11. The lowest BCUT2D eigenvalue weighted by Crippen LogP contribution is -2.24. The number of benzene rings is 1. The summed E-state index contributed by atoms with van der Waals surface area (Å²) in [6, 6.07) is 1.24. The lowest BCUT2D eigenvalue weighted by molar-refractivity contribution is 0.0695. The average Bonchev–Trinajstić information content (AvgIpc) is 3.45. The fourth-order valence-electron chi connectivity index (χ4n) is 4.39. The van der Waals surface area contributed by atoms with Gasteiger partial charge in [0.1, 0.15) is 11.3 Å². The van der Waals surface area contributed by atoms with Gasteiger partial charge in [-0.25, -0.2) is 9.18 Å². The van der Waals surface area contributed by atoms with Gasteiger partial charge in [-0.2, -0.15) is 0 Å². The van der Waals surface area contributed by atoms with E-state index in [9.17, 15) is 14.7 Å². The topological polar surface area (TPSA) is 84.1 Å². The SMILES string of the molecule is COc1c(N2CC3=NC=CC[C@@H]3C2)c(F)cc2c(=O)c(C(=O)O)cn(C3CC3)c12. The molecule has 8 heteroatoms. The standard InChI is InChI=1S/C21H20FN3O4/c1-29-20-17-13(19(26)14(21(27)28)9-25(17)12-4-5-12)7-15(22)18(20)24-8-11-3-2-6-23-16(11)10-24/h2,6-7,9,11-12H,3-5,8,10H2,1H3,(H,27,28)/t11-/m1/s1. The molecule has 29 heavy (non-hydrogen) atoms. The maximum absolute atomic E-state index is 15.3. The monoisotopic (exact) mass is 397 g/mol. The summed E-state index contributed by atoms with van der Waals surface area (Å²) in [4.78, 5) is 30.6. The first-order valence-electron chi connectivity index (χ1n) is 9.64. The van der Waals surface area contributed by atoms with Crippen LogP contribution in [-0.4, -0.2) is 41.6 Å². The van der Waals surface area contributed by atoms with E-state index in [1.165, 1.54) is 13.3 Å². The number of aromatic carboxylic acids is 1. The van der Waals surface area contributed by atoms with Crippen molar-refractivity contribution in [1.82, 2.24) is 4.57 Å². The Balaban J connectivity index is 1.75. The molecule has 0 bridgehead atoms. The van der Waals surface area contributed by atoms with Gasteiger partial charge in [0.2, 0.25) is 5.43 Å². The number of fused-ring (bicyclic) bond motifs is 2. The Labute approximate surface area is 165 Å². The number of aromatic nitrogens is 1. The van der Waals surface area contributed by atoms with Crippen LogP contribution in [0.25, 0.3) is 10.9 Å². The Morgan fingerprint density at radius 3 is 2.83 bits per heavy atom. The summed E-state index contributed by atoms with van der Waals surface area (Å²) in [6.07, 6.45) is 7.77. The number of methoxy groups -OCH3 is 1. The Morgan fingerprint density at radius 1 is 1.38 bits per heavy atom. The molecule has 1 aromatic carbocycles. The number of carboxylic acid groups (broad SMARTS) is 1. The molecule has 2 aromatic rings. The number of carbonyl (C=O) groups is 1. The Hall–Kier alpha value is -3.16. The summed E-state index contributed by atoms with van der Waals surface area (Å²) in [5.41, 5.74) is 0.711. The number of halogens is 1. The summed E-state index contributed by atoms with van der Waals surface area (Å²) in [5.74, 6) is -1.40. The number of hydrogen-bond donors (Lipinski definition) is 1. The fraction of sp³-hybridized carbons (Fsp3) is 0.381. The third-order valence-electron chi connectivity index (χ3n) is 5.92. The Morgan fingerprint density at radius 2 is 2.17 bits per heavy atom. The van der Waals surface area contributed by atoms with Crippen molar-refractivity contribution in [2.75, 3.05) is 25.1 Å². The Bertz CT molecular complexity index is 1160. The number of rotatable bonds is 4. The molecular formula is C21H20FN3O4. The van der Waals surface area contributed by atoms with Gasteiger partial charge in [0, 0.05) is 36.6 Å². The van der Waals surface area contributed by atoms with Gasteiger partial charge in [-0.1, -0.05) is 6.08 Å². The van der Waals surface area contributed by atoms with Gasteiger partial charge in [0.25, 0.3) is 0 Å². The predicted molar refractivity (Wildman–Crippen MR) is 107 cm³/mol. The van der Waals surface area contributed by atoms with Gasteiger partial charge >= 0.3 is 5.97 Å². The zero-order valence-electron chi connectivity index (χ0n) is 15.9. The first-order chi connectivity index (χ1) is 14.0. The molecule has 1 aromatic heterocycles. The number of nitrogens with zero attached hydrogens (tertiary/aromatic N) is 3. The molecule has 0 spiro atoms. The van der Waals surface area contributed by atoms with E-state index in [0.29, 0.717) is 24.3 Å². The molecule has 0 radical (unpaired) electrons. The molecule has 150 valence electrons. The van der Waals surface area contributed by atoms with Gasteiger partial charge in [0.05, 0.1) is 24.6 Å². The van der Waals surface area contributed by atoms with E-state index in [1.54, 1.807) is 10.8 Å². The number of allylic oxidation sites excluding steroid dienone is 1. The van der Waals surface area contributed by atoms with E-state index in [0.717, 1.165) is 31.0 Å². The van der Waals surface area contributed by atoms with Gasteiger partial charge in [-0.15, -0.1) is 0 Å². The molecule has 1 aliphatic carbocycles. The highest BCUT2D eigenvalue weighted by Crippen LogP contribution is 2.44. The average molecular weight is 397 g/mol. The van der Waals surface area contributed by atoms with Gasteiger partial charge in [0.15, 0.2) is 11.6 Å². The van der Waals surface area contributed by atoms with Crippen LogP contribution >= 0.6 is 0 Å².